The van der Waals surface area contributed by atoms with Gasteiger partial charge in [0.15, 0.2) is 0 Å². The number of benzene rings is 3. The normalized spacial score (nSPS) is 15.1. The van der Waals surface area contributed by atoms with Crippen LogP contribution in [0.5, 0.6) is 5.75 Å². The number of hydrogen-bond acceptors (Lipinski definition) is 4. The van der Waals surface area contributed by atoms with Gasteiger partial charge in [0.25, 0.3) is 5.91 Å². The Labute approximate surface area is 184 Å². The molecule has 3 aromatic carbocycles. The van der Waals surface area contributed by atoms with E-state index in [9.17, 15) is 9.18 Å². The molecule has 1 aliphatic heterocycles. The summed E-state index contributed by atoms with van der Waals surface area (Å²) in [5.74, 6) is 0.142. The molecule has 0 aliphatic carbocycles. The van der Waals surface area contributed by atoms with Crippen molar-refractivity contribution in [1.82, 2.24) is 4.90 Å². The standard InChI is InChI=1S/C24H18FNO2S2/c25-20-12-6-4-11-19(20)16-28-21-13-7-5-10-18(21)14-22-23(27)26(24(29)30-22)15-17-8-2-1-3-9-17/h1-14H,15-16H2/b22-14+. The number of carbonyl (C=O) groups is 1. The fourth-order valence-electron chi connectivity index (χ4n) is 3.05. The average molecular weight is 436 g/mol. The van der Waals surface area contributed by atoms with Crippen molar-refractivity contribution in [3.8, 4) is 5.75 Å². The number of amides is 1. The van der Waals surface area contributed by atoms with E-state index in [1.807, 2.05) is 48.5 Å². The summed E-state index contributed by atoms with van der Waals surface area (Å²) in [6.45, 7) is 0.542. The summed E-state index contributed by atoms with van der Waals surface area (Å²) >= 11 is 6.70. The lowest BCUT2D eigenvalue weighted by Crippen LogP contribution is -2.27. The first-order chi connectivity index (χ1) is 14.6. The lowest BCUT2D eigenvalue weighted by Gasteiger charge is -2.14. The Balaban J connectivity index is 1.53. The first-order valence-electron chi connectivity index (χ1n) is 9.36. The minimum atomic E-state index is -0.309. The van der Waals surface area contributed by atoms with Gasteiger partial charge in [-0.05, 0) is 23.8 Å². The second-order valence-corrected chi connectivity index (χ2v) is 8.35. The van der Waals surface area contributed by atoms with Gasteiger partial charge in [0.05, 0.1) is 11.4 Å². The zero-order valence-corrected chi connectivity index (χ0v) is 17.6. The molecule has 3 nitrogen and oxygen atoms in total. The van der Waals surface area contributed by atoms with Crippen LogP contribution >= 0.6 is 24.0 Å². The third kappa shape index (κ3) is 4.61. The second kappa shape index (κ2) is 9.24. The van der Waals surface area contributed by atoms with E-state index in [4.69, 9.17) is 17.0 Å². The van der Waals surface area contributed by atoms with Gasteiger partial charge in [-0.25, -0.2) is 4.39 Å². The van der Waals surface area contributed by atoms with E-state index in [0.29, 0.717) is 27.1 Å². The summed E-state index contributed by atoms with van der Waals surface area (Å²) in [7, 11) is 0. The number of nitrogens with zero attached hydrogens (tertiary/aromatic N) is 1. The molecule has 0 radical (unpaired) electrons. The third-order valence-corrected chi connectivity index (χ3v) is 5.98. The molecule has 0 atom stereocenters. The van der Waals surface area contributed by atoms with Crippen molar-refractivity contribution in [3.05, 3.63) is 106 Å². The molecule has 30 heavy (non-hydrogen) atoms. The molecule has 0 bridgehead atoms. The van der Waals surface area contributed by atoms with Crippen LogP contribution in [0.2, 0.25) is 0 Å². The van der Waals surface area contributed by atoms with Crippen molar-refractivity contribution in [3.63, 3.8) is 0 Å². The molecule has 1 aliphatic rings. The highest BCUT2D eigenvalue weighted by Gasteiger charge is 2.32. The van der Waals surface area contributed by atoms with Crippen molar-refractivity contribution >= 4 is 40.3 Å². The Kier molecular flexibility index (Phi) is 6.26. The van der Waals surface area contributed by atoms with Crippen LogP contribution < -0.4 is 4.74 Å². The fourth-order valence-corrected chi connectivity index (χ4v) is 4.29. The zero-order chi connectivity index (χ0) is 20.9. The number of halogens is 1. The molecule has 0 aromatic heterocycles. The first kappa shape index (κ1) is 20.3. The number of carbonyl (C=O) groups excluding carboxylic acids is 1. The lowest BCUT2D eigenvalue weighted by atomic mass is 10.1. The minimum Gasteiger partial charge on any atom is -0.488 e. The predicted octanol–water partition coefficient (Wildman–Crippen LogP) is 5.81. The van der Waals surface area contributed by atoms with Gasteiger partial charge >= 0.3 is 0 Å². The van der Waals surface area contributed by atoms with Gasteiger partial charge in [0.2, 0.25) is 0 Å². The van der Waals surface area contributed by atoms with Crippen LogP contribution in [0.3, 0.4) is 0 Å². The van der Waals surface area contributed by atoms with E-state index in [2.05, 4.69) is 0 Å². The van der Waals surface area contributed by atoms with Crippen LogP contribution in [-0.4, -0.2) is 15.1 Å². The number of rotatable bonds is 6. The number of ether oxygens (including phenoxy) is 1. The summed E-state index contributed by atoms with van der Waals surface area (Å²) in [5, 5.41) is 0. The molecule has 0 unspecified atom stereocenters. The molecule has 1 heterocycles. The van der Waals surface area contributed by atoms with Crippen LogP contribution in [-0.2, 0) is 17.9 Å². The van der Waals surface area contributed by atoms with Crippen molar-refractivity contribution in [2.24, 2.45) is 0 Å². The van der Waals surface area contributed by atoms with Crippen LogP contribution in [0.15, 0.2) is 83.8 Å². The van der Waals surface area contributed by atoms with E-state index in [1.165, 1.54) is 17.8 Å². The summed E-state index contributed by atoms with van der Waals surface area (Å²) in [6, 6.07) is 23.6. The Hall–Kier alpha value is -2.96. The number of thioether (sulfide) groups is 1. The van der Waals surface area contributed by atoms with Gasteiger partial charge < -0.3 is 4.74 Å². The summed E-state index contributed by atoms with van der Waals surface area (Å²) in [6.07, 6.45) is 1.78. The van der Waals surface area contributed by atoms with E-state index in [0.717, 1.165) is 11.1 Å². The van der Waals surface area contributed by atoms with Gasteiger partial charge in [0.1, 0.15) is 22.5 Å². The molecule has 1 fully saturated rings. The van der Waals surface area contributed by atoms with Crippen LogP contribution in [0, 0.1) is 5.82 Å². The predicted molar refractivity (Wildman–Crippen MR) is 122 cm³/mol. The molecule has 1 amide bonds. The Morgan fingerprint density at radius 1 is 0.967 bits per heavy atom. The van der Waals surface area contributed by atoms with Crippen LogP contribution in [0.4, 0.5) is 4.39 Å². The Morgan fingerprint density at radius 2 is 1.67 bits per heavy atom. The van der Waals surface area contributed by atoms with Gasteiger partial charge in [-0.1, -0.05) is 90.7 Å². The van der Waals surface area contributed by atoms with Crippen molar-refractivity contribution in [2.45, 2.75) is 13.2 Å². The maximum absolute atomic E-state index is 13.9. The molecule has 0 spiro atoms. The summed E-state index contributed by atoms with van der Waals surface area (Å²) in [5.41, 5.74) is 2.24. The van der Waals surface area contributed by atoms with Crippen LogP contribution in [0.1, 0.15) is 16.7 Å². The zero-order valence-electron chi connectivity index (χ0n) is 16.0. The highest BCUT2D eigenvalue weighted by atomic mass is 32.2. The lowest BCUT2D eigenvalue weighted by molar-refractivity contribution is -0.122. The minimum absolute atomic E-state index is 0.104. The molecule has 150 valence electrons. The number of thiocarbonyl (C=S) groups is 1. The largest absolute Gasteiger partial charge is 0.488 e. The van der Waals surface area contributed by atoms with Crippen molar-refractivity contribution in [1.29, 1.82) is 0 Å². The molecule has 6 heteroatoms. The highest BCUT2D eigenvalue weighted by molar-refractivity contribution is 8.26. The van der Waals surface area contributed by atoms with Crippen LogP contribution in [0.25, 0.3) is 6.08 Å². The monoisotopic (exact) mass is 435 g/mol. The molecule has 1 saturated heterocycles. The molecule has 4 rings (SSSR count). The molecule has 0 N–H and O–H groups in total. The third-order valence-electron chi connectivity index (χ3n) is 4.60. The summed E-state index contributed by atoms with van der Waals surface area (Å²) in [4.78, 5) is 15.1. The molecular weight excluding hydrogens is 417 g/mol. The number of hydrogen-bond donors (Lipinski definition) is 0. The van der Waals surface area contributed by atoms with E-state index < -0.39 is 0 Å². The SMILES string of the molecule is O=C1/C(=C\c2ccccc2OCc2ccccc2F)SC(=S)N1Cc1ccccc1. The molecule has 0 saturated carbocycles. The maximum Gasteiger partial charge on any atom is 0.266 e. The Morgan fingerprint density at radius 3 is 2.47 bits per heavy atom. The van der Waals surface area contributed by atoms with E-state index in [1.54, 1.807) is 35.2 Å². The fraction of sp³-hybridized carbons (Fsp3) is 0.0833. The average Bonchev–Trinajstić information content (AvgIpc) is 3.02. The van der Waals surface area contributed by atoms with E-state index >= 15 is 0 Å². The smallest absolute Gasteiger partial charge is 0.266 e. The topological polar surface area (TPSA) is 29.5 Å². The first-order valence-corrected chi connectivity index (χ1v) is 10.6. The Bertz CT molecular complexity index is 1110. The van der Waals surface area contributed by atoms with Crippen molar-refractivity contribution < 1.29 is 13.9 Å². The molecular formula is C24H18FNO2S2. The maximum atomic E-state index is 13.9. The van der Waals surface area contributed by atoms with Gasteiger partial charge in [0, 0.05) is 11.1 Å². The van der Waals surface area contributed by atoms with Crippen molar-refractivity contribution in [2.75, 3.05) is 0 Å². The van der Waals surface area contributed by atoms with Gasteiger partial charge in [-0.3, -0.25) is 9.69 Å². The second-order valence-electron chi connectivity index (χ2n) is 6.67. The van der Waals surface area contributed by atoms with E-state index in [-0.39, 0.29) is 18.3 Å². The quantitative estimate of drug-likeness (QED) is 0.361. The summed E-state index contributed by atoms with van der Waals surface area (Å²) < 4.78 is 20.3. The number of para-hydroxylation sites is 1. The molecule has 3 aromatic rings. The van der Waals surface area contributed by atoms with Gasteiger partial charge in [-0.2, -0.15) is 0 Å². The highest BCUT2D eigenvalue weighted by Crippen LogP contribution is 2.35. The van der Waals surface area contributed by atoms with Gasteiger partial charge in [-0.15, -0.1) is 0 Å².